The number of nitrogens with zero attached hydrogens (tertiary/aromatic N) is 1. The highest BCUT2D eigenvalue weighted by Crippen LogP contribution is 2.34. The smallest absolute Gasteiger partial charge is 0.126 e. The monoisotopic (exact) mass is 268 g/mol. The number of ether oxygens (including phenoxy) is 1. The Hall–Kier alpha value is -2.25. The molecule has 0 bridgehead atoms. The van der Waals surface area contributed by atoms with Crippen LogP contribution in [0.15, 0.2) is 34.9 Å². The summed E-state index contributed by atoms with van der Waals surface area (Å²) in [5.74, 6) is 1.63. The van der Waals surface area contributed by atoms with Crippen LogP contribution in [0.2, 0.25) is 0 Å². The predicted octanol–water partition coefficient (Wildman–Crippen LogP) is 3.08. The number of furan rings is 1. The first-order chi connectivity index (χ1) is 9.81. The van der Waals surface area contributed by atoms with Crippen LogP contribution in [-0.4, -0.2) is 13.2 Å². The molecule has 1 aromatic heterocycles. The van der Waals surface area contributed by atoms with E-state index >= 15 is 0 Å². The molecule has 1 aliphatic rings. The van der Waals surface area contributed by atoms with Crippen molar-refractivity contribution in [3.63, 3.8) is 0 Å². The molecule has 0 radical (unpaired) electrons. The van der Waals surface area contributed by atoms with Gasteiger partial charge in [0, 0.05) is 17.2 Å². The summed E-state index contributed by atoms with van der Waals surface area (Å²) in [5, 5.41) is 12.5. The van der Waals surface area contributed by atoms with Crippen LogP contribution in [0, 0.1) is 11.3 Å². The summed E-state index contributed by atoms with van der Waals surface area (Å²) < 4.78 is 11.0. The van der Waals surface area contributed by atoms with Crippen LogP contribution in [0.5, 0.6) is 5.75 Å². The first kappa shape index (κ1) is 12.8. The minimum absolute atomic E-state index is 0.614. The highest BCUT2D eigenvalue weighted by molar-refractivity contribution is 5.73. The molecule has 0 spiro atoms. The minimum atomic E-state index is 0.614. The van der Waals surface area contributed by atoms with Crippen molar-refractivity contribution in [2.75, 3.05) is 7.11 Å². The zero-order chi connectivity index (χ0) is 13.9. The zero-order valence-corrected chi connectivity index (χ0v) is 11.3. The zero-order valence-electron chi connectivity index (χ0n) is 11.3. The average molecular weight is 268 g/mol. The summed E-state index contributed by atoms with van der Waals surface area (Å²) >= 11 is 0. The molecule has 1 heterocycles. The van der Waals surface area contributed by atoms with E-state index in [0.29, 0.717) is 18.2 Å². The highest BCUT2D eigenvalue weighted by atomic mass is 16.5. The lowest BCUT2D eigenvalue weighted by Crippen LogP contribution is -2.15. The number of nitrogens with one attached hydrogen (secondary N) is 1. The van der Waals surface area contributed by atoms with E-state index in [1.54, 1.807) is 19.4 Å². The molecule has 0 aliphatic heterocycles. The Morgan fingerprint density at radius 1 is 1.35 bits per heavy atom. The Morgan fingerprint density at radius 2 is 2.20 bits per heavy atom. The second-order valence-corrected chi connectivity index (χ2v) is 4.94. The molecule has 4 nitrogen and oxygen atoms in total. The number of benzene rings is 1. The van der Waals surface area contributed by atoms with Gasteiger partial charge >= 0.3 is 0 Å². The third-order valence-corrected chi connectivity index (χ3v) is 3.49. The number of methoxy groups -OCH3 is 1. The standard InChI is InChI=1S/C16H16N2O2/c1-19-15-5-2-11(9-17)8-14(15)13-6-7-20-16(13)10-18-12-3-4-12/h2,5-8,12,18H,3-4,10H2,1H3. The van der Waals surface area contributed by atoms with E-state index < -0.39 is 0 Å². The second kappa shape index (κ2) is 5.40. The summed E-state index contributed by atoms with van der Waals surface area (Å²) in [6.45, 7) is 0.701. The van der Waals surface area contributed by atoms with Gasteiger partial charge in [-0.3, -0.25) is 0 Å². The molecule has 0 unspecified atom stereocenters. The van der Waals surface area contributed by atoms with E-state index in [1.165, 1.54) is 12.8 Å². The van der Waals surface area contributed by atoms with Crippen molar-refractivity contribution in [1.29, 1.82) is 5.26 Å². The SMILES string of the molecule is COc1ccc(C#N)cc1-c1ccoc1CNC1CC1. The molecule has 2 aromatic rings. The van der Waals surface area contributed by atoms with Crippen LogP contribution in [0.3, 0.4) is 0 Å². The molecule has 1 saturated carbocycles. The molecule has 1 aliphatic carbocycles. The molecular weight excluding hydrogens is 252 g/mol. The fourth-order valence-electron chi connectivity index (χ4n) is 2.23. The number of hydrogen-bond acceptors (Lipinski definition) is 4. The van der Waals surface area contributed by atoms with Gasteiger partial charge in [0.05, 0.1) is 31.6 Å². The van der Waals surface area contributed by atoms with E-state index in [9.17, 15) is 0 Å². The number of hydrogen-bond donors (Lipinski definition) is 1. The van der Waals surface area contributed by atoms with E-state index in [2.05, 4.69) is 11.4 Å². The quantitative estimate of drug-likeness (QED) is 0.905. The third-order valence-electron chi connectivity index (χ3n) is 3.49. The largest absolute Gasteiger partial charge is 0.496 e. The number of rotatable bonds is 5. The van der Waals surface area contributed by atoms with Crippen LogP contribution >= 0.6 is 0 Å². The lowest BCUT2D eigenvalue weighted by atomic mass is 10.0. The topological polar surface area (TPSA) is 58.2 Å². The molecular formula is C16H16N2O2. The molecule has 20 heavy (non-hydrogen) atoms. The lowest BCUT2D eigenvalue weighted by Gasteiger charge is -2.09. The summed E-state index contributed by atoms with van der Waals surface area (Å²) in [6.07, 6.45) is 4.16. The molecule has 1 N–H and O–H groups in total. The van der Waals surface area contributed by atoms with Crippen LogP contribution in [-0.2, 0) is 6.54 Å². The molecule has 3 rings (SSSR count). The Kier molecular flexibility index (Phi) is 3.44. The molecule has 0 amide bonds. The summed E-state index contributed by atoms with van der Waals surface area (Å²) in [5.41, 5.74) is 2.49. The van der Waals surface area contributed by atoms with Crippen molar-refractivity contribution in [2.45, 2.75) is 25.4 Å². The van der Waals surface area contributed by atoms with Gasteiger partial charge in [0.1, 0.15) is 11.5 Å². The van der Waals surface area contributed by atoms with Crippen LogP contribution in [0.1, 0.15) is 24.2 Å². The maximum Gasteiger partial charge on any atom is 0.126 e. The summed E-state index contributed by atoms with van der Waals surface area (Å²) in [7, 11) is 1.63. The second-order valence-electron chi connectivity index (χ2n) is 4.94. The van der Waals surface area contributed by atoms with Gasteiger partial charge in [0.2, 0.25) is 0 Å². The Bertz CT molecular complexity index is 651. The van der Waals surface area contributed by atoms with Gasteiger partial charge in [0.15, 0.2) is 0 Å². The molecule has 1 aromatic carbocycles. The van der Waals surface area contributed by atoms with E-state index in [4.69, 9.17) is 14.4 Å². The first-order valence-electron chi connectivity index (χ1n) is 6.70. The van der Waals surface area contributed by atoms with Crippen molar-refractivity contribution in [3.05, 3.63) is 41.9 Å². The van der Waals surface area contributed by atoms with Crippen molar-refractivity contribution in [1.82, 2.24) is 5.32 Å². The van der Waals surface area contributed by atoms with Gasteiger partial charge in [-0.2, -0.15) is 5.26 Å². The third kappa shape index (κ3) is 2.54. The average Bonchev–Trinajstić information content (AvgIpc) is 3.21. The predicted molar refractivity (Wildman–Crippen MR) is 75.3 cm³/mol. The highest BCUT2D eigenvalue weighted by Gasteiger charge is 2.22. The lowest BCUT2D eigenvalue weighted by molar-refractivity contribution is 0.416. The van der Waals surface area contributed by atoms with Crippen molar-refractivity contribution < 1.29 is 9.15 Å². The van der Waals surface area contributed by atoms with Crippen LogP contribution in [0.25, 0.3) is 11.1 Å². The Labute approximate surface area is 118 Å². The summed E-state index contributed by atoms with van der Waals surface area (Å²) in [6, 6.07) is 10.1. The fourth-order valence-corrected chi connectivity index (χ4v) is 2.23. The van der Waals surface area contributed by atoms with Gasteiger partial charge in [-0.05, 0) is 37.1 Å². The van der Waals surface area contributed by atoms with Crippen LogP contribution < -0.4 is 10.1 Å². The molecule has 4 heteroatoms. The normalized spacial score (nSPS) is 14.0. The van der Waals surface area contributed by atoms with Crippen molar-refractivity contribution >= 4 is 0 Å². The van der Waals surface area contributed by atoms with Gasteiger partial charge in [-0.25, -0.2) is 0 Å². The van der Waals surface area contributed by atoms with Crippen LogP contribution in [0.4, 0.5) is 0 Å². The fraction of sp³-hybridized carbons (Fsp3) is 0.312. The maximum absolute atomic E-state index is 9.05. The maximum atomic E-state index is 9.05. The minimum Gasteiger partial charge on any atom is -0.496 e. The molecule has 0 atom stereocenters. The van der Waals surface area contributed by atoms with Crippen molar-refractivity contribution in [2.24, 2.45) is 0 Å². The van der Waals surface area contributed by atoms with E-state index in [0.717, 1.165) is 22.6 Å². The van der Waals surface area contributed by atoms with E-state index in [1.807, 2.05) is 18.2 Å². The van der Waals surface area contributed by atoms with Gasteiger partial charge < -0.3 is 14.5 Å². The first-order valence-corrected chi connectivity index (χ1v) is 6.70. The Balaban J connectivity index is 1.95. The number of nitriles is 1. The molecule has 1 fully saturated rings. The van der Waals surface area contributed by atoms with E-state index in [-0.39, 0.29) is 0 Å². The van der Waals surface area contributed by atoms with Gasteiger partial charge in [-0.15, -0.1) is 0 Å². The van der Waals surface area contributed by atoms with Crippen molar-refractivity contribution in [3.8, 4) is 22.9 Å². The Morgan fingerprint density at radius 3 is 2.90 bits per heavy atom. The summed E-state index contributed by atoms with van der Waals surface area (Å²) in [4.78, 5) is 0. The van der Waals surface area contributed by atoms with Gasteiger partial charge in [0.25, 0.3) is 0 Å². The molecule has 0 saturated heterocycles. The van der Waals surface area contributed by atoms with Gasteiger partial charge in [-0.1, -0.05) is 0 Å². The molecule has 102 valence electrons.